The lowest BCUT2D eigenvalue weighted by molar-refractivity contribution is -0.147. The topological polar surface area (TPSA) is 63.7 Å². The molecular weight excluding hydrogens is 317 g/mol. The maximum atomic E-state index is 12.6. The van der Waals surface area contributed by atoms with Crippen molar-refractivity contribution in [1.29, 1.82) is 5.26 Å². The molecule has 0 aliphatic heterocycles. The van der Waals surface area contributed by atoms with Crippen LogP contribution in [-0.4, -0.2) is 27.1 Å². The van der Waals surface area contributed by atoms with Crippen molar-refractivity contribution in [2.45, 2.75) is 11.3 Å². The molecule has 0 spiro atoms. The lowest BCUT2D eigenvalue weighted by Crippen LogP contribution is -2.13. The third-order valence-electron chi connectivity index (χ3n) is 2.66. The Balaban J connectivity index is 1.84. The summed E-state index contributed by atoms with van der Waals surface area (Å²) in [5, 5.41) is 15.5. The monoisotopic (exact) mass is 328 g/mol. The van der Waals surface area contributed by atoms with Gasteiger partial charge in [-0.3, -0.25) is 0 Å². The molecule has 116 valence electrons. The van der Waals surface area contributed by atoms with E-state index >= 15 is 0 Å². The predicted octanol–water partition coefficient (Wildman–Crippen LogP) is 2.88. The zero-order valence-corrected chi connectivity index (χ0v) is 12.3. The van der Waals surface area contributed by atoms with Crippen molar-refractivity contribution in [3.05, 3.63) is 35.7 Å². The molecule has 5 nitrogen and oxygen atoms in total. The van der Waals surface area contributed by atoms with Crippen LogP contribution in [0.3, 0.4) is 0 Å². The van der Waals surface area contributed by atoms with Gasteiger partial charge in [0.2, 0.25) is 5.82 Å². The summed E-state index contributed by atoms with van der Waals surface area (Å²) in [5.74, 6) is -0.0133. The first-order valence-corrected chi connectivity index (χ1v) is 7.12. The Bertz CT molecular complexity index is 676. The fourth-order valence-electron chi connectivity index (χ4n) is 1.61. The SMILES string of the molecule is Cn1c(SCCOc2ccc(C#N)cc2)nnc1C(F)(F)F. The number of ether oxygens (including phenoxy) is 1. The molecule has 0 atom stereocenters. The summed E-state index contributed by atoms with van der Waals surface area (Å²) in [6.45, 7) is 0.296. The molecule has 9 heteroatoms. The molecule has 0 saturated heterocycles. The summed E-state index contributed by atoms with van der Waals surface area (Å²) < 4.78 is 44.0. The number of aromatic nitrogens is 3. The summed E-state index contributed by atoms with van der Waals surface area (Å²) in [6.07, 6.45) is -4.51. The molecule has 0 unspecified atom stereocenters. The van der Waals surface area contributed by atoms with Crippen LogP contribution in [0, 0.1) is 11.3 Å². The van der Waals surface area contributed by atoms with Crippen LogP contribution < -0.4 is 4.74 Å². The standard InChI is InChI=1S/C13H11F3N4OS/c1-20-11(13(14,15)16)18-19-12(20)22-7-6-21-10-4-2-9(8-17)3-5-10/h2-5H,6-7H2,1H3. The van der Waals surface area contributed by atoms with Crippen molar-refractivity contribution in [3.8, 4) is 11.8 Å². The molecule has 2 aromatic rings. The van der Waals surface area contributed by atoms with E-state index in [0.717, 1.165) is 16.3 Å². The lowest BCUT2D eigenvalue weighted by Gasteiger charge is -2.07. The van der Waals surface area contributed by atoms with E-state index in [1.807, 2.05) is 6.07 Å². The van der Waals surface area contributed by atoms with Crippen LogP contribution in [0.1, 0.15) is 11.4 Å². The van der Waals surface area contributed by atoms with Gasteiger partial charge in [-0.2, -0.15) is 18.4 Å². The minimum Gasteiger partial charge on any atom is -0.493 e. The zero-order valence-electron chi connectivity index (χ0n) is 11.5. The third kappa shape index (κ3) is 3.92. The van der Waals surface area contributed by atoms with E-state index in [1.54, 1.807) is 24.3 Å². The molecule has 1 aromatic heterocycles. The number of hydrogen-bond donors (Lipinski definition) is 0. The minimum absolute atomic E-state index is 0.177. The number of alkyl halides is 3. The summed E-state index contributed by atoms with van der Waals surface area (Å²) in [7, 11) is 1.27. The molecule has 0 radical (unpaired) electrons. The van der Waals surface area contributed by atoms with Crippen molar-refractivity contribution < 1.29 is 17.9 Å². The Morgan fingerprint density at radius 1 is 1.27 bits per heavy atom. The molecular formula is C13H11F3N4OS. The van der Waals surface area contributed by atoms with E-state index in [0.29, 0.717) is 23.7 Å². The highest BCUT2D eigenvalue weighted by Gasteiger charge is 2.37. The number of nitriles is 1. The van der Waals surface area contributed by atoms with Gasteiger partial charge in [-0.1, -0.05) is 11.8 Å². The van der Waals surface area contributed by atoms with Gasteiger partial charge in [0.05, 0.1) is 18.2 Å². The van der Waals surface area contributed by atoms with Gasteiger partial charge in [-0.15, -0.1) is 10.2 Å². The van der Waals surface area contributed by atoms with E-state index in [-0.39, 0.29) is 5.16 Å². The zero-order chi connectivity index (χ0) is 16.2. The number of rotatable bonds is 5. The number of benzene rings is 1. The Hall–Kier alpha value is -2.21. The molecule has 0 bridgehead atoms. The normalized spacial score (nSPS) is 11.2. The number of halogens is 3. The predicted molar refractivity (Wildman–Crippen MR) is 73.4 cm³/mol. The van der Waals surface area contributed by atoms with Gasteiger partial charge in [0.1, 0.15) is 5.75 Å². The summed E-state index contributed by atoms with van der Waals surface area (Å²) >= 11 is 1.12. The molecule has 1 heterocycles. The van der Waals surface area contributed by atoms with E-state index in [1.165, 1.54) is 7.05 Å². The quantitative estimate of drug-likeness (QED) is 0.624. The van der Waals surface area contributed by atoms with Gasteiger partial charge in [0.15, 0.2) is 5.16 Å². The van der Waals surface area contributed by atoms with Gasteiger partial charge in [0.25, 0.3) is 0 Å². The van der Waals surface area contributed by atoms with Crippen LogP contribution in [0.4, 0.5) is 13.2 Å². The van der Waals surface area contributed by atoms with Crippen molar-refractivity contribution >= 4 is 11.8 Å². The minimum atomic E-state index is -4.51. The molecule has 1 aromatic carbocycles. The molecule has 0 fully saturated rings. The first kappa shape index (κ1) is 16.2. The van der Waals surface area contributed by atoms with Crippen LogP contribution in [-0.2, 0) is 13.2 Å². The second kappa shape index (κ2) is 6.70. The Morgan fingerprint density at radius 2 is 1.95 bits per heavy atom. The number of thioether (sulfide) groups is 1. The second-order valence-electron chi connectivity index (χ2n) is 4.20. The molecule has 22 heavy (non-hydrogen) atoms. The second-order valence-corrected chi connectivity index (χ2v) is 5.26. The van der Waals surface area contributed by atoms with Crippen LogP contribution in [0.2, 0.25) is 0 Å². The van der Waals surface area contributed by atoms with Crippen molar-refractivity contribution in [3.63, 3.8) is 0 Å². The largest absolute Gasteiger partial charge is 0.493 e. The molecule has 0 N–H and O–H groups in total. The maximum Gasteiger partial charge on any atom is 0.451 e. The van der Waals surface area contributed by atoms with Crippen molar-refractivity contribution in [1.82, 2.24) is 14.8 Å². The average Bonchev–Trinajstić information content (AvgIpc) is 2.85. The van der Waals surface area contributed by atoms with Crippen LogP contribution in [0.15, 0.2) is 29.4 Å². The highest BCUT2D eigenvalue weighted by Crippen LogP contribution is 2.29. The average molecular weight is 328 g/mol. The summed E-state index contributed by atoms with van der Waals surface area (Å²) in [5.41, 5.74) is 0.528. The van der Waals surface area contributed by atoms with E-state index in [2.05, 4.69) is 10.2 Å². The van der Waals surface area contributed by atoms with Crippen LogP contribution in [0.5, 0.6) is 5.75 Å². The summed E-state index contributed by atoms with van der Waals surface area (Å²) in [4.78, 5) is 0. The van der Waals surface area contributed by atoms with Gasteiger partial charge < -0.3 is 9.30 Å². The first-order chi connectivity index (χ1) is 10.4. The van der Waals surface area contributed by atoms with Gasteiger partial charge >= 0.3 is 6.18 Å². The number of hydrogen-bond acceptors (Lipinski definition) is 5. The molecule has 0 aliphatic rings. The highest BCUT2D eigenvalue weighted by atomic mass is 32.2. The molecule has 0 saturated carbocycles. The van der Waals surface area contributed by atoms with Crippen molar-refractivity contribution in [2.24, 2.45) is 7.05 Å². The Labute approximate surface area is 128 Å². The van der Waals surface area contributed by atoms with E-state index < -0.39 is 12.0 Å². The molecule has 0 aliphatic carbocycles. The Kier molecular flexibility index (Phi) is 4.92. The first-order valence-electron chi connectivity index (χ1n) is 6.14. The Morgan fingerprint density at radius 3 is 2.50 bits per heavy atom. The highest BCUT2D eigenvalue weighted by molar-refractivity contribution is 7.99. The van der Waals surface area contributed by atoms with Gasteiger partial charge in [-0.05, 0) is 24.3 Å². The van der Waals surface area contributed by atoms with E-state index in [4.69, 9.17) is 10.00 Å². The van der Waals surface area contributed by atoms with Crippen LogP contribution >= 0.6 is 11.8 Å². The van der Waals surface area contributed by atoms with Gasteiger partial charge in [-0.25, -0.2) is 0 Å². The van der Waals surface area contributed by atoms with Gasteiger partial charge in [0, 0.05) is 12.8 Å². The van der Waals surface area contributed by atoms with E-state index in [9.17, 15) is 13.2 Å². The molecule has 0 amide bonds. The smallest absolute Gasteiger partial charge is 0.451 e. The van der Waals surface area contributed by atoms with Crippen LogP contribution in [0.25, 0.3) is 0 Å². The fourth-order valence-corrected chi connectivity index (χ4v) is 2.33. The fraction of sp³-hybridized carbons (Fsp3) is 0.308. The maximum absolute atomic E-state index is 12.6. The summed E-state index contributed by atoms with van der Waals surface area (Å²) in [6, 6.07) is 8.57. The lowest BCUT2D eigenvalue weighted by atomic mass is 10.2. The number of nitrogens with zero attached hydrogens (tertiary/aromatic N) is 4. The third-order valence-corrected chi connectivity index (χ3v) is 3.64. The van der Waals surface area contributed by atoms with Crippen molar-refractivity contribution in [2.75, 3.05) is 12.4 Å². The molecule has 2 rings (SSSR count).